The molecule has 2 aromatic heterocycles. The van der Waals surface area contributed by atoms with Crippen molar-refractivity contribution in [3.05, 3.63) is 76.4 Å². The Bertz CT molecular complexity index is 1500. The van der Waals surface area contributed by atoms with Gasteiger partial charge in [-0.25, -0.2) is 0 Å². The minimum absolute atomic E-state index is 0.0349. The Morgan fingerprint density at radius 3 is 2.50 bits per heavy atom. The predicted molar refractivity (Wildman–Crippen MR) is 149 cm³/mol. The Hall–Kier alpha value is -4.18. The van der Waals surface area contributed by atoms with Gasteiger partial charge >= 0.3 is 0 Å². The number of nitrogen functional groups attached to an aromatic ring is 1. The molecule has 0 bridgehead atoms. The maximum absolute atomic E-state index is 14.3. The highest BCUT2D eigenvalue weighted by molar-refractivity contribution is 7.09. The number of aromatic nitrogens is 2. The van der Waals surface area contributed by atoms with Gasteiger partial charge < -0.3 is 21.8 Å². The van der Waals surface area contributed by atoms with Gasteiger partial charge in [-0.3, -0.25) is 19.3 Å². The average Bonchev–Trinajstić information content (AvgIpc) is 3.51. The Labute approximate surface area is 224 Å². The van der Waals surface area contributed by atoms with Crippen LogP contribution in [-0.2, 0) is 4.79 Å². The van der Waals surface area contributed by atoms with Crippen molar-refractivity contribution in [1.82, 2.24) is 14.7 Å². The number of rotatable bonds is 7. The second kappa shape index (κ2) is 10.7. The Balaban J connectivity index is 1.68. The third-order valence-corrected chi connectivity index (χ3v) is 7.97. The zero-order valence-electron chi connectivity index (χ0n) is 21.1. The van der Waals surface area contributed by atoms with Crippen LogP contribution in [-0.4, -0.2) is 33.1 Å². The molecule has 2 aromatic carbocycles. The van der Waals surface area contributed by atoms with Crippen LogP contribution in [0.15, 0.2) is 54.7 Å². The minimum atomic E-state index is -1.01. The van der Waals surface area contributed by atoms with Gasteiger partial charge in [0.25, 0.3) is 11.8 Å². The molecule has 6 N–H and O–H groups in total. The maximum atomic E-state index is 14.3. The van der Waals surface area contributed by atoms with Crippen LogP contribution in [0.3, 0.4) is 0 Å². The number of hydrogen-bond donors (Lipinski definition) is 4. The van der Waals surface area contributed by atoms with Crippen molar-refractivity contribution in [3.63, 3.8) is 0 Å². The molecule has 1 unspecified atom stereocenters. The molecule has 0 aliphatic heterocycles. The summed E-state index contributed by atoms with van der Waals surface area (Å²) < 4.78 is 4.03. The lowest BCUT2D eigenvalue weighted by atomic mass is 9.94. The van der Waals surface area contributed by atoms with Gasteiger partial charge in [0.05, 0.1) is 5.69 Å². The van der Waals surface area contributed by atoms with E-state index in [9.17, 15) is 14.4 Å². The van der Waals surface area contributed by atoms with E-state index in [1.807, 2.05) is 49.4 Å². The summed E-state index contributed by atoms with van der Waals surface area (Å²) >= 11 is 0.801. The summed E-state index contributed by atoms with van der Waals surface area (Å²) in [6.07, 6.45) is 6.83. The third-order valence-electron chi connectivity index (χ3n) is 7.12. The van der Waals surface area contributed by atoms with E-state index in [4.69, 9.17) is 11.5 Å². The number of H-pyrrole nitrogens is 1. The number of fused-ring (bicyclic) bond motifs is 1. The van der Waals surface area contributed by atoms with Crippen LogP contribution in [0.2, 0.25) is 0 Å². The number of nitrogens with one attached hydrogen (secondary N) is 2. The van der Waals surface area contributed by atoms with E-state index in [2.05, 4.69) is 14.7 Å². The molecule has 10 heteroatoms. The van der Waals surface area contributed by atoms with Gasteiger partial charge in [-0.05, 0) is 49.0 Å². The monoisotopic (exact) mass is 530 g/mol. The fourth-order valence-corrected chi connectivity index (χ4v) is 5.93. The van der Waals surface area contributed by atoms with Crippen LogP contribution in [0, 0.1) is 6.92 Å². The summed E-state index contributed by atoms with van der Waals surface area (Å²) in [5.41, 5.74) is 14.2. The van der Waals surface area contributed by atoms with Crippen molar-refractivity contribution in [3.8, 4) is 0 Å². The zero-order chi connectivity index (χ0) is 26.8. The summed E-state index contributed by atoms with van der Waals surface area (Å²) in [5, 5.41) is 4.05. The molecule has 38 heavy (non-hydrogen) atoms. The van der Waals surface area contributed by atoms with Crippen molar-refractivity contribution in [2.45, 2.75) is 51.1 Å². The van der Waals surface area contributed by atoms with Gasteiger partial charge in [0.1, 0.15) is 10.9 Å². The van der Waals surface area contributed by atoms with E-state index in [1.54, 1.807) is 12.3 Å². The minimum Gasteiger partial charge on any atom is -0.395 e. The lowest BCUT2D eigenvalue weighted by Gasteiger charge is -2.33. The fraction of sp³-hybridized carbons (Fsp3) is 0.286. The van der Waals surface area contributed by atoms with Crippen molar-refractivity contribution in [2.24, 2.45) is 5.73 Å². The Morgan fingerprint density at radius 2 is 1.79 bits per heavy atom. The first-order chi connectivity index (χ1) is 18.4. The molecule has 1 aliphatic carbocycles. The number of carbonyl (C=O) groups excluding carboxylic acids is 3. The molecule has 196 valence electrons. The van der Waals surface area contributed by atoms with Gasteiger partial charge in [-0.1, -0.05) is 55.7 Å². The molecule has 9 nitrogen and oxygen atoms in total. The van der Waals surface area contributed by atoms with Crippen molar-refractivity contribution in [2.75, 3.05) is 10.6 Å². The second-order valence-corrected chi connectivity index (χ2v) is 10.4. The average molecular weight is 531 g/mol. The van der Waals surface area contributed by atoms with E-state index in [0.29, 0.717) is 11.3 Å². The summed E-state index contributed by atoms with van der Waals surface area (Å²) in [7, 11) is 0. The molecular formula is C28H30N6O3S. The van der Waals surface area contributed by atoms with Gasteiger partial charge in [0.2, 0.25) is 5.91 Å². The smallest absolute Gasteiger partial charge is 0.273 e. The fourth-order valence-electron chi connectivity index (χ4n) is 5.18. The predicted octanol–water partition coefficient (Wildman–Crippen LogP) is 4.45. The zero-order valence-corrected chi connectivity index (χ0v) is 21.9. The molecule has 4 aromatic rings. The number of aromatic amines is 1. The first-order valence-electron chi connectivity index (χ1n) is 12.7. The number of nitrogens with zero attached hydrogens (tertiary/aromatic N) is 2. The van der Waals surface area contributed by atoms with Crippen LogP contribution in [0.4, 0.5) is 11.4 Å². The second-order valence-electron chi connectivity index (χ2n) is 9.64. The SMILES string of the molecule is Cc1ccccc1N(C(=O)c1snc(C(N)=O)c1N)C(C(=O)NC1CCCCC1)c1c[nH]c2ccccc12. The number of benzene rings is 2. The van der Waals surface area contributed by atoms with E-state index in [-0.39, 0.29) is 28.2 Å². The van der Waals surface area contributed by atoms with Crippen LogP contribution in [0.5, 0.6) is 0 Å². The van der Waals surface area contributed by atoms with Crippen molar-refractivity contribution in [1.29, 1.82) is 0 Å². The van der Waals surface area contributed by atoms with E-state index < -0.39 is 17.9 Å². The number of anilines is 2. The highest BCUT2D eigenvalue weighted by atomic mass is 32.1. The lowest BCUT2D eigenvalue weighted by molar-refractivity contribution is -0.123. The van der Waals surface area contributed by atoms with Crippen molar-refractivity contribution < 1.29 is 14.4 Å². The van der Waals surface area contributed by atoms with Crippen LogP contribution < -0.4 is 21.7 Å². The number of para-hydroxylation sites is 2. The van der Waals surface area contributed by atoms with Gasteiger partial charge in [0, 0.05) is 34.4 Å². The first kappa shape index (κ1) is 25.5. The molecule has 3 amide bonds. The largest absolute Gasteiger partial charge is 0.395 e. The molecule has 1 atom stereocenters. The molecule has 0 radical (unpaired) electrons. The summed E-state index contributed by atoms with van der Waals surface area (Å²) in [6.45, 7) is 1.88. The molecule has 2 heterocycles. The molecule has 1 fully saturated rings. The van der Waals surface area contributed by atoms with Gasteiger partial charge in [-0.2, -0.15) is 4.37 Å². The first-order valence-corrected chi connectivity index (χ1v) is 13.4. The highest BCUT2D eigenvalue weighted by Crippen LogP contribution is 2.37. The number of carbonyl (C=O) groups is 3. The quantitative estimate of drug-likeness (QED) is 0.279. The number of nitrogens with two attached hydrogens (primary N) is 2. The number of aryl methyl sites for hydroxylation is 1. The van der Waals surface area contributed by atoms with Gasteiger partial charge in [-0.15, -0.1) is 0 Å². The molecule has 1 saturated carbocycles. The molecule has 0 spiro atoms. The topological polar surface area (TPSA) is 147 Å². The van der Waals surface area contributed by atoms with E-state index in [1.165, 1.54) is 4.90 Å². The van der Waals surface area contributed by atoms with Crippen molar-refractivity contribution >= 4 is 51.5 Å². The third kappa shape index (κ3) is 4.74. The highest BCUT2D eigenvalue weighted by Gasteiger charge is 2.38. The molecular weight excluding hydrogens is 500 g/mol. The summed E-state index contributed by atoms with van der Waals surface area (Å²) in [6, 6.07) is 14.1. The van der Waals surface area contributed by atoms with Crippen LogP contribution >= 0.6 is 11.5 Å². The normalized spacial score (nSPS) is 14.8. The maximum Gasteiger partial charge on any atom is 0.273 e. The Morgan fingerprint density at radius 1 is 1.08 bits per heavy atom. The summed E-state index contributed by atoms with van der Waals surface area (Å²) in [4.78, 5) is 45.1. The molecule has 0 saturated heterocycles. The van der Waals surface area contributed by atoms with E-state index >= 15 is 0 Å². The standard InChI is InChI=1S/C28H30N6O3S/c1-16-9-5-8-14-21(16)34(28(37)25-22(29)23(26(30)35)33-38-25)24(27(36)32-17-10-3-2-4-11-17)19-15-31-20-13-7-6-12-18(19)20/h5-9,12-15,17,24,31H,2-4,10-11,29H2,1H3,(H2,30,35)(H,32,36). The molecule has 5 rings (SSSR count). The molecule has 1 aliphatic rings. The number of primary amides is 1. The summed E-state index contributed by atoms with van der Waals surface area (Å²) in [5.74, 6) is -1.63. The Kier molecular flexibility index (Phi) is 7.15. The lowest BCUT2D eigenvalue weighted by Crippen LogP contribution is -2.47. The van der Waals surface area contributed by atoms with E-state index in [0.717, 1.165) is 60.1 Å². The number of amides is 3. The van der Waals surface area contributed by atoms with Crippen LogP contribution in [0.1, 0.15) is 69.4 Å². The van der Waals surface area contributed by atoms with Crippen LogP contribution in [0.25, 0.3) is 10.9 Å². The van der Waals surface area contributed by atoms with Gasteiger partial charge in [0.15, 0.2) is 5.69 Å². The number of hydrogen-bond acceptors (Lipinski definition) is 6.